The summed E-state index contributed by atoms with van der Waals surface area (Å²) in [7, 11) is 0. The molecule has 1 saturated heterocycles. The standard InChI is InChI=1S/C21H19FN4O2/c22-15-7-5-13(6-8-15)20-24-21(28-25-20)19-9-16(27)12-26(19)11-14-10-23-18-4-2-1-3-17(14)18/h1-8,10,16,19,23,27H,9,11-12H2/t16-,19+/m1/s1. The Bertz CT molecular complexity index is 1110. The predicted molar refractivity (Wildman–Crippen MR) is 102 cm³/mol. The van der Waals surface area contributed by atoms with Crippen molar-refractivity contribution in [3.05, 3.63) is 72.0 Å². The molecule has 1 fully saturated rings. The number of fused-ring (bicyclic) bond motifs is 1. The largest absolute Gasteiger partial charge is 0.392 e. The fourth-order valence-corrected chi connectivity index (χ4v) is 3.88. The molecule has 4 aromatic rings. The number of nitrogens with zero attached hydrogens (tertiary/aromatic N) is 3. The summed E-state index contributed by atoms with van der Waals surface area (Å²) in [6, 6.07) is 14.0. The lowest BCUT2D eigenvalue weighted by Crippen LogP contribution is -2.24. The molecule has 7 heteroatoms. The Morgan fingerprint density at radius 3 is 2.86 bits per heavy atom. The van der Waals surface area contributed by atoms with Crippen LogP contribution in [0.4, 0.5) is 4.39 Å². The average molecular weight is 378 g/mol. The van der Waals surface area contributed by atoms with Crippen LogP contribution < -0.4 is 0 Å². The number of aliphatic hydroxyl groups excluding tert-OH is 1. The van der Waals surface area contributed by atoms with Crippen LogP contribution in [0.15, 0.2) is 59.3 Å². The number of aliphatic hydroxyl groups is 1. The zero-order valence-corrected chi connectivity index (χ0v) is 15.0. The summed E-state index contributed by atoms with van der Waals surface area (Å²) in [4.78, 5) is 9.95. The van der Waals surface area contributed by atoms with Gasteiger partial charge in [0.15, 0.2) is 0 Å². The summed E-state index contributed by atoms with van der Waals surface area (Å²) < 4.78 is 18.6. The van der Waals surface area contributed by atoms with Gasteiger partial charge in [0, 0.05) is 35.8 Å². The summed E-state index contributed by atoms with van der Waals surface area (Å²) >= 11 is 0. The van der Waals surface area contributed by atoms with Gasteiger partial charge in [0.2, 0.25) is 11.7 Å². The van der Waals surface area contributed by atoms with Gasteiger partial charge in [-0.05, 0) is 42.3 Å². The Morgan fingerprint density at radius 2 is 2.00 bits per heavy atom. The van der Waals surface area contributed by atoms with Crippen molar-refractivity contribution in [1.29, 1.82) is 0 Å². The molecule has 0 bridgehead atoms. The molecule has 5 rings (SSSR count). The molecule has 2 aromatic carbocycles. The van der Waals surface area contributed by atoms with Crippen molar-refractivity contribution in [2.45, 2.75) is 25.1 Å². The van der Waals surface area contributed by atoms with E-state index < -0.39 is 6.10 Å². The SMILES string of the molecule is O[C@@H]1C[C@@H](c2nc(-c3ccc(F)cc3)no2)N(Cc2c[nH]c3ccccc23)C1. The molecular formula is C21H19FN4O2. The van der Waals surface area contributed by atoms with Gasteiger partial charge < -0.3 is 14.6 Å². The number of β-amino-alcohol motifs (C(OH)–C–C–N with tert-alkyl or cyclic N) is 1. The van der Waals surface area contributed by atoms with E-state index >= 15 is 0 Å². The number of nitrogens with one attached hydrogen (secondary N) is 1. The van der Waals surface area contributed by atoms with E-state index in [1.165, 1.54) is 17.5 Å². The quantitative estimate of drug-likeness (QED) is 0.567. The van der Waals surface area contributed by atoms with Crippen LogP contribution in [0.3, 0.4) is 0 Å². The minimum atomic E-state index is -0.448. The predicted octanol–water partition coefficient (Wildman–Crippen LogP) is 3.66. The van der Waals surface area contributed by atoms with Gasteiger partial charge in [-0.1, -0.05) is 23.4 Å². The normalized spacial score (nSPS) is 20.2. The number of aromatic nitrogens is 3. The van der Waals surface area contributed by atoms with Crippen LogP contribution in [0.25, 0.3) is 22.3 Å². The molecule has 0 unspecified atom stereocenters. The Morgan fingerprint density at radius 1 is 1.18 bits per heavy atom. The van der Waals surface area contributed by atoms with Gasteiger partial charge in [-0.2, -0.15) is 4.98 Å². The van der Waals surface area contributed by atoms with Gasteiger partial charge in [0.25, 0.3) is 0 Å². The second-order valence-electron chi connectivity index (χ2n) is 7.16. The lowest BCUT2D eigenvalue weighted by atomic mass is 10.1. The zero-order chi connectivity index (χ0) is 19.1. The van der Waals surface area contributed by atoms with Crippen LogP contribution in [-0.4, -0.2) is 37.8 Å². The summed E-state index contributed by atoms with van der Waals surface area (Å²) in [5.74, 6) is 0.579. The van der Waals surface area contributed by atoms with Crippen molar-refractivity contribution in [3.63, 3.8) is 0 Å². The molecular weight excluding hydrogens is 359 g/mol. The number of rotatable bonds is 4. The molecule has 1 aliphatic rings. The van der Waals surface area contributed by atoms with Gasteiger partial charge in [-0.25, -0.2) is 4.39 Å². The maximum Gasteiger partial charge on any atom is 0.244 e. The summed E-state index contributed by atoms with van der Waals surface area (Å²) in [6.45, 7) is 1.21. The van der Waals surface area contributed by atoms with E-state index in [0.29, 0.717) is 36.8 Å². The van der Waals surface area contributed by atoms with Crippen LogP contribution in [0.5, 0.6) is 0 Å². The maximum absolute atomic E-state index is 13.1. The first-order chi connectivity index (χ1) is 13.7. The van der Waals surface area contributed by atoms with E-state index in [-0.39, 0.29) is 11.9 Å². The van der Waals surface area contributed by atoms with Crippen molar-refractivity contribution in [2.24, 2.45) is 0 Å². The van der Waals surface area contributed by atoms with Gasteiger partial charge in [-0.3, -0.25) is 4.90 Å². The second kappa shape index (κ2) is 6.85. The number of hydrogen-bond donors (Lipinski definition) is 2. The molecule has 28 heavy (non-hydrogen) atoms. The lowest BCUT2D eigenvalue weighted by molar-refractivity contribution is 0.169. The number of benzene rings is 2. The Labute approximate surface area is 160 Å². The van der Waals surface area contributed by atoms with Gasteiger partial charge >= 0.3 is 0 Å². The van der Waals surface area contributed by atoms with Crippen LogP contribution in [0, 0.1) is 5.82 Å². The van der Waals surface area contributed by atoms with E-state index in [4.69, 9.17) is 4.52 Å². The van der Waals surface area contributed by atoms with Gasteiger partial charge in [-0.15, -0.1) is 0 Å². The summed E-state index contributed by atoms with van der Waals surface area (Å²) in [5.41, 5.74) is 2.94. The van der Waals surface area contributed by atoms with Gasteiger partial charge in [0.05, 0.1) is 12.1 Å². The first-order valence-electron chi connectivity index (χ1n) is 9.24. The van der Waals surface area contributed by atoms with E-state index in [0.717, 1.165) is 11.1 Å². The smallest absolute Gasteiger partial charge is 0.244 e. The number of aromatic amines is 1. The Kier molecular flexibility index (Phi) is 4.18. The van der Waals surface area contributed by atoms with Crippen molar-refractivity contribution in [1.82, 2.24) is 20.0 Å². The maximum atomic E-state index is 13.1. The summed E-state index contributed by atoms with van der Waals surface area (Å²) in [5, 5.41) is 15.5. The first kappa shape index (κ1) is 17.1. The van der Waals surface area contributed by atoms with Gasteiger partial charge in [0.1, 0.15) is 5.82 Å². The average Bonchev–Trinajstić information content (AvgIpc) is 3.42. The van der Waals surface area contributed by atoms with Crippen LogP contribution in [0.2, 0.25) is 0 Å². The summed E-state index contributed by atoms with van der Waals surface area (Å²) in [6.07, 6.45) is 2.09. The highest BCUT2D eigenvalue weighted by Crippen LogP contribution is 2.34. The third kappa shape index (κ3) is 3.08. The number of para-hydroxylation sites is 1. The fraction of sp³-hybridized carbons (Fsp3) is 0.238. The molecule has 0 radical (unpaired) electrons. The molecule has 3 heterocycles. The topological polar surface area (TPSA) is 78.2 Å². The van der Waals surface area contributed by atoms with Crippen molar-refractivity contribution in [3.8, 4) is 11.4 Å². The molecule has 0 aliphatic carbocycles. The number of hydrogen-bond acceptors (Lipinski definition) is 5. The number of halogens is 1. The minimum absolute atomic E-state index is 0.162. The highest BCUT2D eigenvalue weighted by atomic mass is 19.1. The highest BCUT2D eigenvalue weighted by Gasteiger charge is 2.36. The van der Waals surface area contributed by atoms with E-state index in [1.807, 2.05) is 24.4 Å². The number of H-pyrrole nitrogens is 1. The third-order valence-corrected chi connectivity index (χ3v) is 5.26. The fourth-order valence-electron chi connectivity index (χ4n) is 3.88. The third-order valence-electron chi connectivity index (χ3n) is 5.26. The Hall–Kier alpha value is -3.03. The zero-order valence-electron chi connectivity index (χ0n) is 15.0. The van der Waals surface area contributed by atoms with Crippen molar-refractivity contribution < 1.29 is 14.0 Å². The van der Waals surface area contributed by atoms with Crippen LogP contribution in [-0.2, 0) is 6.54 Å². The molecule has 1 aliphatic heterocycles. The van der Waals surface area contributed by atoms with Crippen LogP contribution >= 0.6 is 0 Å². The van der Waals surface area contributed by atoms with E-state index in [9.17, 15) is 9.50 Å². The Balaban J connectivity index is 1.41. The number of likely N-dealkylation sites (tertiary alicyclic amines) is 1. The monoisotopic (exact) mass is 378 g/mol. The molecule has 0 saturated carbocycles. The molecule has 2 N–H and O–H groups in total. The molecule has 2 aromatic heterocycles. The highest BCUT2D eigenvalue weighted by molar-refractivity contribution is 5.82. The van der Waals surface area contributed by atoms with Crippen molar-refractivity contribution in [2.75, 3.05) is 6.54 Å². The van der Waals surface area contributed by atoms with E-state index in [1.54, 1.807) is 12.1 Å². The van der Waals surface area contributed by atoms with E-state index in [2.05, 4.69) is 26.1 Å². The minimum Gasteiger partial charge on any atom is -0.392 e. The molecule has 2 atom stereocenters. The molecule has 0 amide bonds. The molecule has 142 valence electrons. The second-order valence-corrected chi connectivity index (χ2v) is 7.16. The van der Waals surface area contributed by atoms with Crippen LogP contribution in [0.1, 0.15) is 23.9 Å². The molecule has 0 spiro atoms. The lowest BCUT2D eigenvalue weighted by Gasteiger charge is -2.20. The first-order valence-corrected chi connectivity index (χ1v) is 9.24. The van der Waals surface area contributed by atoms with Crippen molar-refractivity contribution >= 4 is 10.9 Å². The molecule has 6 nitrogen and oxygen atoms in total.